The van der Waals surface area contributed by atoms with Crippen LogP contribution in [0.5, 0.6) is 0 Å². The molecule has 1 aliphatic rings. The Kier molecular flexibility index (Phi) is 7.04. The van der Waals surface area contributed by atoms with Crippen LogP contribution in [0.25, 0.3) is 0 Å². The number of methoxy groups -OCH3 is 1. The summed E-state index contributed by atoms with van der Waals surface area (Å²) in [5.74, 6) is 0. The molecule has 1 aliphatic heterocycles. The topological polar surface area (TPSA) is 27.7 Å². The van der Waals surface area contributed by atoms with E-state index in [1.165, 1.54) is 32.5 Å². The number of rotatable bonds is 7. The van der Waals surface area contributed by atoms with Crippen LogP contribution >= 0.6 is 0 Å². The van der Waals surface area contributed by atoms with Gasteiger partial charge in [-0.1, -0.05) is 6.92 Å². The standard InChI is InChI=1S/C13H29N3O/c1-5-16-8-6-12(7-9-16)15(3)13(10-14-2)11-17-4/h12-14H,5-11H2,1-4H3. The van der Waals surface area contributed by atoms with Gasteiger partial charge in [-0.3, -0.25) is 4.90 Å². The SMILES string of the molecule is CCN1CCC(N(C)C(CNC)COC)CC1. The van der Waals surface area contributed by atoms with Gasteiger partial charge in [-0.15, -0.1) is 0 Å². The lowest BCUT2D eigenvalue weighted by molar-refractivity contribution is 0.0529. The molecule has 0 aromatic heterocycles. The molecule has 1 fully saturated rings. The molecular weight excluding hydrogens is 214 g/mol. The second-order valence-electron chi connectivity index (χ2n) is 5.00. The number of piperidine rings is 1. The van der Waals surface area contributed by atoms with Crippen LogP contribution in [-0.4, -0.2) is 75.9 Å². The Morgan fingerprint density at radius 1 is 1.41 bits per heavy atom. The summed E-state index contributed by atoms with van der Waals surface area (Å²) in [5.41, 5.74) is 0. The highest BCUT2D eigenvalue weighted by atomic mass is 16.5. The molecule has 4 nitrogen and oxygen atoms in total. The van der Waals surface area contributed by atoms with Crippen molar-refractivity contribution in [2.24, 2.45) is 0 Å². The Balaban J connectivity index is 2.41. The van der Waals surface area contributed by atoms with E-state index in [0.717, 1.165) is 13.2 Å². The minimum Gasteiger partial charge on any atom is -0.383 e. The smallest absolute Gasteiger partial charge is 0.0630 e. The summed E-state index contributed by atoms with van der Waals surface area (Å²) in [4.78, 5) is 5.04. The molecule has 1 unspecified atom stereocenters. The van der Waals surface area contributed by atoms with E-state index in [1.807, 2.05) is 7.05 Å². The molecule has 1 heterocycles. The van der Waals surface area contributed by atoms with Gasteiger partial charge in [0.2, 0.25) is 0 Å². The second kappa shape index (κ2) is 8.03. The highest BCUT2D eigenvalue weighted by Gasteiger charge is 2.26. The molecule has 1 rings (SSSR count). The predicted octanol–water partition coefficient (Wildman–Crippen LogP) is 0.637. The largest absolute Gasteiger partial charge is 0.383 e. The van der Waals surface area contributed by atoms with E-state index in [2.05, 4.69) is 29.1 Å². The molecule has 0 bridgehead atoms. The van der Waals surface area contributed by atoms with Crippen molar-refractivity contribution >= 4 is 0 Å². The van der Waals surface area contributed by atoms with Gasteiger partial charge < -0.3 is 15.0 Å². The molecule has 0 spiro atoms. The van der Waals surface area contributed by atoms with E-state index in [0.29, 0.717) is 12.1 Å². The fraction of sp³-hybridized carbons (Fsp3) is 1.00. The highest BCUT2D eigenvalue weighted by Crippen LogP contribution is 2.17. The zero-order chi connectivity index (χ0) is 12.7. The van der Waals surface area contributed by atoms with Crippen LogP contribution < -0.4 is 5.32 Å². The zero-order valence-electron chi connectivity index (χ0n) is 11.9. The van der Waals surface area contributed by atoms with Crippen molar-refractivity contribution in [2.75, 3.05) is 54.0 Å². The van der Waals surface area contributed by atoms with E-state index >= 15 is 0 Å². The lowest BCUT2D eigenvalue weighted by Crippen LogP contribution is -2.51. The fourth-order valence-electron chi connectivity index (χ4n) is 2.69. The summed E-state index contributed by atoms with van der Waals surface area (Å²) in [5, 5.41) is 3.26. The summed E-state index contributed by atoms with van der Waals surface area (Å²) >= 11 is 0. The number of likely N-dealkylation sites (N-methyl/N-ethyl adjacent to an activating group) is 2. The maximum atomic E-state index is 5.32. The van der Waals surface area contributed by atoms with E-state index in [9.17, 15) is 0 Å². The van der Waals surface area contributed by atoms with Gasteiger partial charge >= 0.3 is 0 Å². The molecule has 0 radical (unpaired) electrons. The predicted molar refractivity (Wildman–Crippen MR) is 72.5 cm³/mol. The molecular formula is C13H29N3O. The third-order valence-corrected chi connectivity index (χ3v) is 3.96. The average molecular weight is 243 g/mol. The number of ether oxygens (including phenoxy) is 1. The maximum Gasteiger partial charge on any atom is 0.0630 e. The van der Waals surface area contributed by atoms with Crippen molar-refractivity contribution < 1.29 is 4.74 Å². The molecule has 0 aromatic rings. The van der Waals surface area contributed by atoms with Crippen molar-refractivity contribution in [3.05, 3.63) is 0 Å². The van der Waals surface area contributed by atoms with Crippen molar-refractivity contribution in [3.8, 4) is 0 Å². The molecule has 102 valence electrons. The molecule has 1 N–H and O–H groups in total. The monoisotopic (exact) mass is 243 g/mol. The number of nitrogens with one attached hydrogen (secondary N) is 1. The van der Waals surface area contributed by atoms with Gasteiger partial charge in [-0.25, -0.2) is 0 Å². The van der Waals surface area contributed by atoms with Gasteiger partial charge in [0, 0.05) is 25.7 Å². The first-order valence-electron chi connectivity index (χ1n) is 6.80. The molecule has 1 atom stereocenters. The Bertz CT molecular complexity index is 187. The molecule has 0 saturated carbocycles. The lowest BCUT2D eigenvalue weighted by Gasteiger charge is -2.40. The van der Waals surface area contributed by atoms with Crippen molar-refractivity contribution in [2.45, 2.75) is 31.8 Å². The molecule has 0 amide bonds. The minimum absolute atomic E-state index is 0.489. The first-order chi connectivity index (χ1) is 8.22. The van der Waals surface area contributed by atoms with Crippen LogP contribution in [0.1, 0.15) is 19.8 Å². The number of likely N-dealkylation sites (tertiary alicyclic amines) is 1. The first kappa shape index (κ1) is 14.9. The van der Waals surface area contributed by atoms with Gasteiger partial charge in [0.05, 0.1) is 6.61 Å². The summed E-state index contributed by atoms with van der Waals surface area (Å²) in [7, 11) is 6.04. The minimum atomic E-state index is 0.489. The third-order valence-electron chi connectivity index (χ3n) is 3.96. The van der Waals surface area contributed by atoms with Crippen molar-refractivity contribution in [1.29, 1.82) is 0 Å². The van der Waals surface area contributed by atoms with Crippen LogP contribution in [0.3, 0.4) is 0 Å². The van der Waals surface area contributed by atoms with Crippen molar-refractivity contribution in [1.82, 2.24) is 15.1 Å². The second-order valence-corrected chi connectivity index (χ2v) is 5.00. The van der Waals surface area contributed by atoms with Gasteiger partial charge in [0.15, 0.2) is 0 Å². The van der Waals surface area contributed by atoms with Crippen LogP contribution in [0.15, 0.2) is 0 Å². The van der Waals surface area contributed by atoms with Crippen molar-refractivity contribution in [3.63, 3.8) is 0 Å². The number of nitrogens with zero attached hydrogens (tertiary/aromatic N) is 2. The zero-order valence-corrected chi connectivity index (χ0v) is 11.9. The lowest BCUT2D eigenvalue weighted by atomic mass is 10.0. The molecule has 0 aromatic carbocycles. The van der Waals surface area contributed by atoms with Gasteiger partial charge in [-0.05, 0) is 46.6 Å². The molecule has 4 heteroatoms. The Hall–Kier alpha value is -0.160. The van der Waals surface area contributed by atoms with Gasteiger partial charge in [0.1, 0.15) is 0 Å². The van der Waals surface area contributed by atoms with Crippen LogP contribution in [-0.2, 0) is 4.74 Å². The highest BCUT2D eigenvalue weighted by molar-refractivity contribution is 4.82. The van der Waals surface area contributed by atoms with E-state index in [4.69, 9.17) is 4.74 Å². The Morgan fingerprint density at radius 2 is 2.06 bits per heavy atom. The summed E-state index contributed by atoms with van der Waals surface area (Å²) < 4.78 is 5.32. The van der Waals surface area contributed by atoms with Crippen LogP contribution in [0.2, 0.25) is 0 Å². The van der Waals surface area contributed by atoms with Gasteiger partial charge in [0.25, 0.3) is 0 Å². The van der Waals surface area contributed by atoms with Crippen LogP contribution in [0, 0.1) is 0 Å². The first-order valence-corrected chi connectivity index (χ1v) is 6.80. The summed E-state index contributed by atoms with van der Waals surface area (Å²) in [6.45, 7) is 7.73. The summed E-state index contributed by atoms with van der Waals surface area (Å²) in [6.07, 6.45) is 2.57. The maximum absolute atomic E-state index is 5.32. The Morgan fingerprint density at radius 3 is 2.53 bits per heavy atom. The molecule has 1 saturated heterocycles. The average Bonchev–Trinajstić information content (AvgIpc) is 2.38. The van der Waals surface area contributed by atoms with Gasteiger partial charge in [-0.2, -0.15) is 0 Å². The number of hydrogen-bond acceptors (Lipinski definition) is 4. The van der Waals surface area contributed by atoms with E-state index in [1.54, 1.807) is 7.11 Å². The quantitative estimate of drug-likeness (QED) is 0.710. The fourth-order valence-corrected chi connectivity index (χ4v) is 2.69. The molecule has 17 heavy (non-hydrogen) atoms. The Labute approximate surface area is 106 Å². The van der Waals surface area contributed by atoms with Crippen LogP contribution in [0.4, 0.5) is 0 Å². The number of hydrogen-bond donors (Lipinski definition) is 1. The third kappa shape index (κ3) is 4.54. The summed E-state index contributed by atoms with van der Waals surface area (Å²) in [6, 6.07) is 1.20. The normalized spacial score (nSPS) is 21.0. The van der Waals surface area contributed by atoms with E-state index < -0.39 is 0 Å². The molecule has 0 aliphatic carbocycles. The van der Waals surface area contributed by atoms with E-state index in [-0.39, 0.29) is 0 Å².